The van der Waals surface area contributed by atoms with Gasteiger partial charge in [-0.1, -0.05) is 36.6 Å². The summed E-state index contributed by atoms with van der Waals surface area (Å²) in [6, 6.07) is 13.6. The van der Waals surface area contributed by atoms with Crippen LogP contribution >= 0.6 is 0 Å². The van der Waals surface area contributed by atoms with Crippen LogP contribution in [0.1, 0.15) is 42.4 Å². The second-order valence-corrected chi connectivity index (χ2v) is 7.91. The number of rotatable bonds is 5. The smallest absolute Gasteiger partial charge is 0.115 e. The van der Waals surface area contributed by atoms with Gasteiger partial charge in [0.25, 0.3) is 0 Å². The maximum Gasteiger partial charge on any atom is 0.115 e. The number of H-pyrrole nitrogens is 1. The minimum Gasteiger partial charge on any atom is -0.508 e. The van der Waals surface area contributed by atoms with Gasteiger partial charge in [-0.2, -0.15) is 0 Å². The van der Waals surface area contributed by atoms with Gasteiger partial charge in [-0.05, 0) is 55.2 Å². The van der Waals surface area contributed by atoms with E-state index in [1.165, 1.54) is 16.5 Å². The van der Waals surface area contributed by atoms with Crippen LogP contribution in [-0.2, 0) is 12.1 Å². The van der Waals surface area contributed by atoms with Crippen LogP contribution in [0.3, 0.4) is 0 Å². The van der Waals surface area contributed by atoms with Crippen molar-refractivity contribution in [2.24, 2.45) is 5.92 Å². The first-order valence-corrected chi connectivity index (χ1v) is 9.85. The van der Waals surface area contributed by atoms with Crippen LogP contribution in [-0.4, -0.2) is 21.7 Å². The van der Waals surface area contributed by atoms with Crippen LogP contribution in [0.25, 0.3) is 10.9 Å². The molecular weight excluding hydrogens is 336 g/mol. The van der Waals surface area contributed by atoms with Crippen molar-refractivity contribution in [2.45, 2.75) is 44.8 Å². The topological polar surface area (TPSA) is 68.3 Å². The quantitative estimate of drug-likeness (QED) is 0.544. The molecule has 2 aromatic carbocycles. The van der Waals surface area contributed by atoms with Crippen molar-refractivity contribution in [3.63, 3.8) is 0 Å². The molecule has 1 aliphatic rings. The Kier molecular flexibility index (Phi) is 4.94. The number of fused-ring (bicyclic) bond motifs is 1. The Morgan fingerprint density at radius 3 is 2.93 bits per heavy atom. The van der Waals surface area contributed by atoms with Gasteiger partial charge in [-0.15, -0.1) is 0 Å². The van der Waals surface area contributed by atoms with E-state index in [-0.39, 0.29) is 11.7 Å². The Labute approximate surface area is 160 Å². The van der Waals surface area contributed by atoms with Crippen molar-refractivity contribution in [2.75, 3.05) is 6.54 Å². The first kappa shape index (κ1) is 18.1. The van der Waals surface area contributed by atoms with Gasteiger partial charge >= 0.3 is 0 Å². The highest BCUT2D eigenvalue weighted by Crippen LogP contribution is 2.42. The molecule has 1 saturated carbocycles. The van der Waals surface area contributed by atoms with Gasteiger partial charge in [-0.25, -0.2) is 0 Å². The SMILES string of the molecule is Cc1ccc2[nH]cc(CNCC3CCCCC3(O)c3cccc(O)c3)c2c1. The lowest BCUT2D eigenvalue weighted by molar-refractivity contribution is -0.0538. The summed E-state index contributed by atoms with van der Waals surface area (Å²) < 4.78 is 0. The van der Waals surface area contributed by atoms with Gasteiger partial charge in [0.1, 0.15) is 5.75 Å². The zero-order valence-electron chi connectivity index (χ0n) is 15.8. The number of phenolic OH excluding ortho intramolecular Hbond substituents is 1. The van der Waals surface area contributed by atoms with Gasteiger partial charge in [0, 0.05) is 36.1 Å². The number of aryl methyl sites for hydroxylation is 1. The van der Waals surface area contributed by atoms with Crippen LogP contribution in [0.4, 0.5) is 0 Å². The van der Waals surface area contributed by atoms with Crippen molar-refractivity contribution in [1.29, 1.82) is 0 Å². The molecule has 4 rings (SSSR count). The normalized spacial score (nSPS) is 23.0. The van der Waals surface area contributed by atoms with Gasteiger partial charge in [0.05, 0.1) is 5.60 Å². The Bertz CT molecular complexity index is 933. The van der Waals surface area contributed by atoms with Crippen molar-refractivity contribution in [3.05, 3.63) is 65.4 Å². The van der Waals surface area contributed by atoms with E-state index in [9.17, 15) is 10.2 Å². The Hall–Kier alpha value is -2.30. The fourth-order valence-electron chi connectivity index (χ4n) is 4.47. The average molecular weight is 364 g/mol. The maximum atomic E-state index is 11.4. The molecule has 0 spiro atoms. The summed E-state index contributed by atoms with van der Waals surface area (Å²) in [5.41, 5.74) is 3.63. The van der Waals surface area contributed by atoms with Crippen LogP contribution < -0.4 is 5.32 Å². The first-order valence-electron chi connectivity index (χ1n) is 9.85. The third-order valence-electron chi connectivity index (χ3n) is 6.01. The molecule has 0 amide bonds. The van der Waals surface area contributed by atoms with Gasteiger partial charge in [0.15, 0.2) is 0 Å². The molecule has 1 aliphatic carbocycles. The molecule has 4 nitrogen and oxygen atoms in total. The zero-order valence-corrected chi connectivity index (χ0v) is 15.8. The highest BCUT2D eigenvalue weighted by molar-refractivity contribution is 5.83. The van der Waals surface area contributed by atoms with E-state index in [1.54, 1.807) is 12.1 Å². The largest absolute Gasteiger partial charge is 0.508 e. The minimum atomic E-state index is -0.874. The van der Waals surface area contributed by atoms with E-state index in [2.05, 4.69) is 41.6 Å². The lowest BCUT2D eigenvalue weighted by Gasteiger charge is -2.40. The Morgan fingerprint density at radius 1 is 1.19 bits per heavy atom. The summed E-state index contributed by atoms with van der Waals surface area (Å²) in [6.07, 6.45) is 5.96. The molecule has 1 heterocycles. The third-order valence-corrected chi connectivity index (χ3v) is 6.01. The van der Waals surface area contributed by atoms with E-state index in [1.807, 2.05) is 12.1 Å². The average Bonchev–Trinajstić information content (AvgIpc) is 3.05. The number of benzene rings is 2. The fraction of sp³-hybridized carbons (Fsp3) is 0.391. The number of aromatic amines is 1. The number of aromatic nitrogens is 1. The number of hydrogen-bond acceptors (Lipinski definition) is 3. The monoisotopic (exact) mass is 364 g/mol. The van der Waals surface area contributed by atoms with Gasteiger partial charge < -0.3 is 20.5 Å². The van der Waals surface area contributed by atoms with Crippen molar-refractivity contribution in [1.82, 2.24) is 10.3 Å². The molecule has 0 aliphatic heterocycles. The molecule has 4 heteroatoms. The van der Waals surface area contributed by atoms with Crippen LogP contribution in [0.5, 0.6) is 5.75 Å². The fourth-order valence-corrected chi connectivity index (χ4v) is 4.47. The summed E-state index contributed by atoms with van der Waals surface area (Å²) in [5.74, 6) is 0.354. The maximum absolute atomic E-state index is 11.4. The summed E-state index contributed by atoms with van der Waals surface area (Å²) in [4.78, 5) is 3.33. The first-order chi connectivity index (χ1) is 13.1. The predicted molar refractivity (Wildman–Crippen MR) is 109 cm³/mol. The number of phenols is 1. The number of nitrogens with one attached hydrogen (secondary N) is 2. The lowest BCUT2D eigenvalue weighted by Crippen LogP contribution is -2.43. The summed E-state index contributed by atoms with van der Waals surface area (Å²) >= 11 is 0. The molecule has 1 fully saturated rings. The molecule has 3 aromatic rings. The number of aliphatic hydroxyl groups is 1. The molecule has 4 N–H and O–H groups in total. The zero-order chi connectivity index (χ0) is 18.9. The van der Waals surface area contributed by atoms with Crippen molar-refractivity contribution in [3.8, 4) is 5.75 Å². The standard InChI is InChI=1S/C23H28N2O2/c1-16-8-9-22-21(11-16)17(14-25-22)13-24-15-19-5-2-3-10-23(19,27)18-6-4-7-20(26)12-18/h4,6-9,11-12,14,19,24-27H,2-3,5,10,13,15H2,1H3. The molecule has 2 atom stereocenters. The molecule has 0 bridgehead atoms. The second-order valence-electron chi connectivity index (χ2n) is 7.91. The Balaban J connectivity index is 1.48. The molecule has 142 valence electrons. The molecule has 0 radical (unpaired) electrons. The highest BCUT2D eigenvalue weighted by atomic mass is 16.3. The molecule has 0 saturated heterocycles. The van der Waals surface area contributed by atoms with E-state index in [0.29, 0.717) is 0 Å². The minimum absolute atomic E-state index is 0.139. The summed E-state index contributed by atoms with van der Waals surface area (Å²) in [6.45, 7) is 3.64. The van der Waals surface area contributed by atoms with Crippen LogP contribution in [0, 0.1) is 12.8 Å². The highest BCUT2D eigenvalue weighted by Gasteiger charge is 2.40. The Morgan fingerprint density at radius 2 is 2.07 bits per heavy atom. The summed E-state index contributed by atoms with van der Waals surface area (Å²) in [5, 5.41) is 26.1. The predicted octanol–water partition coefficient (Wildman–Crippen LogP) is 4.35. The van der Waals surface area contributed by atoms with E-state index < -0.39 is 5.60 Å². The van der Waals surface area contributed by atoms with Crippen molar-refractivity contribution >= 4 is 10.9 Å². The van der Waals surface area contributed by atoms with Gasteiger partial charge in [-0.3, -0.25) is 0 Å². The molecule has 2 unspecified atom stereocenters. The third kappa shape index (κ3) is 3.60. The van der Waals surface area contributed by atoms with Crippen LogP contribution in [0.2, 0.25) is 0 Å². The molecular formula is C23H28N2O2. The number of hydrogen-bond donors (Lipinski definition) is 4. The molecule has 1 aromatic heterocycles. The lowest BCUT2D eigenvalue weighted by atomic mass is 9.71. The molecule has 27 heavy (non-hydrogen) atoms. The van der Waals surface area contributed by atoms with Crippen LogP contribution in [0.15, 0.2) is 48.7 Å². The van der Waals surface area contributed by atoms with Crippen molar-refractivity contribution < 1.29 is 10.2 Å². The second kappa shape index (κ2) is 7.37. The van der Waals surface area contributed by atoms with Gasteiger partial charge in [0.2, 0.25) is 0 Å². The number of aromatic hydroxyl groups is 1. The van der Waals surface area contributed by atoms with E-state index in [0.717, 1.165) is 49.9 Å². The summed E-state index contributed by atoms with van der Waals surface area (Å²) in [7, 11) is 0. The van der Waals surface area contributed by atoms with E-state index >= 15 is 0 Å². The van der Waals surface area contributed by atoms with E-state index in [4.69, 9.17) is 0 Å².